The molecular formula is C16H19ClN4O2. The molecule has 2 amide bonds. The molecule has 122 valence electrons. The van der Waals surface area contributed by atoms with E-state index in [9.17, 15) is 9.59 Å². The van der Waals surface area contributed by atoms with Crippen molar-refractivity contribution in [1.29, 1.82) is 0 Å². The van der Waals surface area contributed by atoms with E-state index >= 15 is 0 Å². The Kier molecular flexibility index (Phi) is 5.76. The van der Waals surface area contributed by atoms with Gasteiger partial charge in [-0.1, -0.05) is 37.6 Å². The van der Waals surface area contributed by atoms with Gasteiger partial charge >= 0.3 is 0 Å². The van der Waals surface area contributed by atoms with Crippen LogP contribution >= 0.6 is 11.6 Å². The summed E-state index contributed by atoms with van der Waals surface area (Å²) in [5.74, 6) is -0.373. The van der Waals surface area contributed by atoms with Crippen molar-refractivity contribution in [3.63, 3.8) is 0 Å². The van der Waals surface area contributed by atoms with Gasteiger partial charge in [-0.25, -0.2) is 0 Å². The number of nitrogens with one attached hydrogen (secondary N) is 3. The highest BCUT2D eigenvalue weighted by molar-refractivity contribution is 6.30. The van der Waals surface area contributed by atoms with Crippen molar-refractivity contribution in [2.24, 2.45) is 5.92 Å². The van der Waals surface area contributed by atoms with Crippen LogP contribution in [-0.4, -0.2) is 35.1 Å². The van der Waals surface area contributed by atoms with E-state index in [-0.39, 0.29) is 17.7 Å². The second kappa shape index (κ2) is 7.78. The van der Waals surface area contributed by atoms with Gasteiger partial charge in [-0.3, -0.25) is 14.7 Å². The van der Waals surface area contributed by atoms with Crippen LogP contribution < -0.4 is 10.6 Å². The Hall–Kier alpha value is -2.34. The number of carbonyl (C=O) groups excluding carboxylic acids is 2. The van der Waals surface area contributed by atoms with Gasteiger partial charge in [-0.2, -0.15) is 5.10 Å². The molecule has 0 spiro atoms. The molecule has 0 aliphatic carbocycles. The molecule has 3 N–H and O–H groups in total. The first-order chi connectivity index (χ1) is 11.0. The average Bonchev–Trinajstić information content (AvgIpc) is 3.01. The first-order valence-electron chi connectivity index (χ1n) is 7.34. The van der Waals surface area contributed by atoms with Crippen molar-refractivity contribution < 1.29 is 9.59 Å². The van der Waals surface area contributed by atoms with Crippen LogP contribution in [0.2, 0.25) is 5.02 Å². The second-order valence-corrected chi connectivity index (χ2v) is 5.81. The lowest BCUT2D eigenvalue weighted by atomic mass is 10.1. The number of hydrogen-bond donors (Lipinski definition) is 3. The zero-order chi connectivity index (χ0) is 16.8. The fourth-order valence-corrected chi connectivity index (χ4v) is 1.99. The van der Waals surface area contributed by atoms with Crippen molar-refractivity contribution in [2.75, 3.05) is 13.1 Å². The molecule has 0 aliphatic heterocycles. The molecule has 2 rings (SSSR count). The van der Waals surface area contributed by atoms with E-state index in [4.69, 9.17) is 11.6 Å². The Labute approximate surface area is 139 Å². The molecule has 0 bridgehead atoms. The van der Waals surface area contributed by atoms with Gasteiger partial charge in [0.25, 0.3) is 5.91 Å². The number of amides is 2. The molecule has 0 unspecified atom stereocenters. The molecule has 0 atom stereocenters. The molecule has 1 heterocycles. The van der Waals surface area contributed by atoms with Crippen molar-refractivity contribution in [3.05, 3.63) is 41.0 Å². The van der Waals surface area contributed by atoms with E-state index in [2.05, 4.69) is 20.8 Å². The maximum Gasteiger partial charge on any atom is 0.269 e. The second-order valence-electron chi connectivity index (χ2n) is 5.38. The third kappa shape index (κ3) is 4.82. The smallest absolute Gasteiger partial charge is 0.269 e. The standard InChI is InChI=1S/C16H19ClN4O2/c1-10(2)15(22)18-7-8-19-16(23)14-9-13(20-21-14)11-3-5-12(17)6-4-11/h3-6,9-10H,7-8H2,1-2H3,(H,18,22)(H,19,23)(H,20,21). The molecule has 0 saturated heterocycles. The van der Waals surface area contributed by atoms with Crippen molar-refractivity contribution >= 4 is 23.4 Å². The molecule has 2 aromatic rings. The topological polar surface area (TPSA) is 86.9 Å². The Balaban J connectivity index is 1.86. The van der Waals surface area contributed by atoms with Crippen molar-refractivity contribution in [3.8, 4) is 11.3 Å². The third-order valence-electron chi connectivity index (χ3n) is 3.20. The van der Waals surface area contributed by atoms with E-state index < -0.39 is 0 Å². The van der Waals surface area contributed by atoms with Crippen LogP contribution in [0.3, 0.4) is 0 Å². The number of hydrogen-bond acceptors (Lipinski definition) is 3. The number of benzene rings is 1. The zero-order valence-corrected chi connectivity index (χ0v) is 13.8. The first-order valence-corrected chi connectivity index (χ1v) is 7.72. The van der Waals surface area contributed by atoms with E-state index in [1.54, 1.807) is 18.2 Å². The van der Waals surface area contributed by atoms with Crippen LogP contribution in [-0.2, 0) is 4.79 Å². The maximum absolute atomic E-state index is 12.0. The highest BCUT2D eigenvalue weighted by Gasteiger charge is 2.11. The Morgan fingerprint density at radius 3 is 2.48 bits per heavy atom. The lowest BCUT2D eigenvalue weighted by Crippen LogP contribution is -2.36. The van der Waals surface area contributed by atoms with Gasteiger partial charge in [-0.05, 0) is 18.2 Å². The zero-order valence-electron chi connectivity index (χ0n) is 13.0. The number of carbonyl (C=O) groups is 2. The minimum absolute atomic E-state index is 0.0363. The summed E-state index contributed by atoms with van der Waals surface area (Å²) in [6, 6.07) is 8.87. The van der Waals surface area contributed by atoms with E-state index in [1.165, 1.54) is 0 Å². The van der Waals surface area contributed by atoms with Crippen LogP contribution in [0.15, 0.2) is 30.3 Å². The molecule has 23 heavy (non-hydrogen) atoms. The monoisotopic (exact) mass is 334 g/mol. The van der Waals surface area contributed by atoms with Crippen LogP contribution in [0.1, 0.15) is 24.3 Å². The van der Waals surface area contributed by atoms with Crippen LogP contribution in [0.25, 0.3) is 11.3 Å². The van der Waals surface area contributed by atoms with E-state index in [0.29, 0.717) is 29.5 Å². The molecule has 7 heteroatoms. The Morgan fingerprint density at radius 2 is 1.83 bits per heavy atom. The molecule has 0 aliphatic rings. The lowest BCUT2D eigenvalue weighted by Gasteiger charge is -2.07. The van der Waals surface area contributed by atoms with Gasteiger partial charge in [0.15, 0.2) is 0 Å². The predicted octanol–water partition coefficient (Wildman–Crippen LogP) is 2.23. The van der Waals surface area contributed by atoms with Gasteiger partial charge < -0.3 is 10.6 Å². The number of nitrogens with zero attached hydrogens (tertiary/aromatic N) is 1. The normalized spacial score (nSPS) is 10.6. The quantitative estimate of drug-likeness (QED) is 0.708. The first kappa shape index (κ1) is 17.0. The highest BCUT2D eigenvalue weighted by atomic mass is 35.5. The summed E-state index contributed by atoms with van der Waals surface area (Å²) in [4.78, 5) is 23.4. The van der Waals surface area contributed by atoms with Gasteiger partial charge in [0, 0.05) is 29.6 Å². The number of rotatable bonds is 6. The fourth-order valence-electron chi connectivity index (χ4n) is 1.87. The summed E-state index contributed by atoms with van der Waals surface area (Å²) in [5, 5.41) is 12.9. The SMILES string of the molecule is CC(C)C(=O)NCCNC(=O)c1cc(-c2ccc(Cl)cc2)n[nH]1. The van der Waals surface area contributed by atoms with E-state index in [1.807, 2.05) is 26.0 Å². The van der Waals surface area contributed by atoms with E-state index in [0.717, 1.165) is 5.56 Å². The molecule has 0 fully saturated rings. The number of H-pyrrole nitrogens is 1. The van der Waals surface area contributed by atoms with Crippen molar-refractivity contribution in [1.82, 2.24) is 20.8 Å². The molecule has 1 aromatic carbocycles. The largest absolute Gasteiger partial charge is 0.354 e. The number of halogens is 1. The summed E-state index contributed by atoms with van der Waals surface area (Å²) in [5.41, 5.74) is 1.90. The van der Waals surface area contributed by atoms with Crippen LogP contribution in [0, 0.1) is 5.92 Å². The maximum atomic E-state index is 12.0. The lowest BCUT2D eigenvalue weighted by molar-refractivity contribution is -0.123. The number of aromatic amines is 1. The minimum Gasteiger partial charge on any atom is -0.354 e. The van der Waals surface area contributed by atoms with Gasteiger partial charge in [-0.15, -0.1) is 0 Å². The van der Waals surface area contributed by atoms with Crippen LogP contribution in [0.4, 0.5) is 0 Å². The summed E-state index contributed by atoms with van der Waals surface area (Å²) in [7, 11) is 0. The molecule has 6 nitrogen and oxygen atoms in total. The predicted molar refractivity (Wildman–Crippen MR) is 89.2 cm³/mol. The Bertz CT molecular complexity index is 680. The minimum atomic E-state index is -0.267. The van der Waals surface area contributed by atoms with Gasteiger partial charge in [0.05, 0.1) is 5.69 Å². The Morgan fingerprint density at radius 1 is 1.17 bits per heavy atom. The van der Waals surface area contributed by atoms with Gasteiger partial charge in [0.2, 0.25) is 5.91 Å². The summed E-state index contributed by atoms with van der Waals surface area (Å²) >= 11 is 5.85. The summed E-state index contributed by atoms with van der Waals surface area (Å²) in [6.07, 6.45) is 0. The summed E-state index contributed by atoms with van der Waals surface area (Å²) < 4.78 is 0. The fraction of sp³-hybridized carbons (Fsp3) is 0.312. The van der Waals surface area contributed by atoms with Crippen molar-refractivity contribution in [2.45, 2.75) is 13.8 Å². The molecule has 0 saturated carbocycles. The highest BCUT2D eigenvalue weighted by Crippen LogP contribution is 2.20. The average molecular weight is 335 g/mol. The molecular weight excluding hydrogens is 316 g/mol. The molecule has 0 radical (unpaired) electrons. The summed E-state index contributed by atoms with van der Waals surface area (Å²) in [6.45, 7) is 4.38. The number of aromatic nitrogens is 2. The molecule has 1 aromatic heterocycles. The van der Waals surface area contributed by atoms with Gasteiger partial charge in [0.1, 0.15) is 5.69 Å². The third-order valence-corrected chi connectivity index (χ3v) is 3.45. The van der Waals surface area contributed by atoms with Crippen LogP contribution in [0.5, 0.6) is 0 Å².